The predicted octanol–water partition coefficient (Wildman–Crippen LogP) is 2.98. The fraction of sp³-hybridized carbons (Fsp3) is 0.0714. The molecule has 19 heavy (non-hydrogen) atoms. The highest BCUT2D eigenvalue weighted by atomic mass is 35.5. The lowest BCUT2D eigenvalue weighted by Gasteiger charge is -2.04. The molecule has 0 saturated carbocycles. The molecule has 0 spiro atoms. The SMILES string of the molecule is COc1ccc2c(c1)[nH]c(=O)n2-c1cccc(Cl)c1. The molecule has 96 valence electrons. The number of hydrogen-bond donors (Lipinski definition) is 1. The van der Waals surface area contributed by atoms with Crippen molar-refractivity contribution < 1.29 is 4.74 Å². The minimum atomic E-state index is -0.203. The molecular weight excluding hydrogens is 264 g/mol. The second kappa shape index (κ2) is 4.48. The number of aromatic amines is 1. The van der Waals surface area contributed by atoms with Crippen LogP contribution in [-0.2, 0) is 0 Å². The summed E-state index contributed by atoms with van der Waals surface area (Å²) in [7, 11) is 1.59. The van der Waals surface area contributed by atoms with Crippen molar-refractivity contribution in [3.8, 4) is 11.4 Å². The number of halogens is 1. The van der Waals surface area contributed by atoms with Crippen LogP contribution in [0.5, 0.6) is 5.75 Å². The van der Waals surface area contributed by atoms with Gasteiger partial charge in [-0.2, -0.15) is 0 Å². The third kappa shape index (κ3) is 2.00. The van der Waals surface area contributed by atoms with E-state index in [1.165, 1.54) is 0 Å². The highest BCUT2D eigenvalue weighted by Gasteiger charge is 2.09. The van der Waals surface area contributed by atoms with Crippen molar-refractivity contribution in [1.82, 2.24) is 9.55 Å². The Balaban J connectivity index is 2.29. The molecule has 0 bridgehead atoms. The predicted molar refractivity (Wildman–Crippen MR) is 75.5 cm³/mol. The zero-order valence-electron chi connectivity index (χ0n) is 10.2. The van der Waals surface area contributed by atoms with Crippen molar-refractivity contribution >= 4 is 22.6 Å². The molecule has 3 aromatic rings. The van der Waals surface area contributed by atoms with Gasteiger partial charge < -0.3 is 9.72 Å². The molecule has 4 nitrogen and oxygen atoms in total. The van der Waals surface area contributed by atoms with Gasteiger partial charge in [0.1, 0.15) is 5.75 Å². The van der Waals surface area contributed by atoms with Gasteiger partial charge in [0, 0.05) is 11.1 Å². The molecule has 3 rings (SSSR count). The molecule has 0 fully saturated rings. The lowest BCUT2D eigenvalue weighted by atomic mass is 10.2. The highest BCUT2D eigenvalue weighted by Crippen LogP contribution is 2.21. The summed E-state index contributed by atoms with van der Waals surface area (Å²) in [6.45, 7) is 0. The van der Waals surface area contributed by atoms with Gasteiger partial charge in [-0.1, -0.05) is 17.7 Å². The van der Waals surface area contributed by atoms with E-state index >= 15 is 0 Å². The van der Waals surface area contributed by atoms with E-state index in [0.29, 0.717) is 10.8 Å². The number of ether oxygens (including phenoxy) is 1. The summed E-state index contributed by atoms with van der Waals surface area (Å²) in [5, 5.41) is 0.590. The number of hydrogen-bond acceptors (Lipinski definition) is 2. The monoisotopic (exact) mass is 274 g/mol. The average Bonchev–Trinajstić information content (AvgIpc) is 2.73. The van der Waals surface area contributed by atoms with Crippen LogP contribution in [0, 0.1) is 0 Å². The lowest BCUT2D eigenvalue weighted by molar-refractivity contribution is 0.415. The minimum absolute atomic E-state index is 0.203. The van der Waals surface area contributed by atoms with Crippen LogP contribution in [0.4, 0.5) is 0 Å². The first kappa shape index (κ1) is 11.9. The molecule has 1 aromatic heterocycles. The maximum absolute atomic E-state index is 12.1. The number of methoxy groups -OCH3 is 1. The largest absolute Gasteiger partial charge is 0.497 e. The second-order valence-electron chi connectivity index (χ2n) is 4.13. The van der Waals surface area contributed by atoms with E-state index in [9.17, 15) is 4.79 Å². The first-order valence-corrected chi connectivity index (χ1v) is 6.11. The van der Waals surface area contributed by atoms with E-state index in [4.69, 9.17) is 16.3 Å². The van der Waals surface area contributed by atoms with Crippen LogP contribution >= 0.6 is 11.6 Å². The quantitative estimate of drug-likeness (QED) is 0.781. The van der Waals surface area contributed by atoms with Crippen LogP contribution in [-0.4, -0.2) is 16.7 Å². The Morgan fingerprint density at radius 3 is 2.79 bits per heavy atom. The maximum atomic E-state index is 12.1. The van der Waals surface area contributed by atoms with Gasteiger partial charge in [-0.25, -0.2) is 4.79 Å². The molecule has 2 aromatic carbocycles. The molecular formula is C14H11ClN2O2. The Bertz CT molecular complexity index is 805. The summed E-state index contributed by atoms with van der Waals surface area (Å²) in [6, 6.07) is 12.6. The van der Waals surface area contributed by atoms with Gasteiger partial charge in [-0.15, -0.1) is 0 Å². The van der Waals surface area contributed by atoms with Crippen molar-refractivity contribution in [2.75, 3.05) is 7.11 Å². The van der Waals surface area contributed by atoms with Crippen LogP contribution in [0.15, 0.2) is 47.3 Å². The fourth-order valence-electron chi connectivity index (χ4n) is 2.09. The lowest BCUT2D eigenvalue weighted by Crippen LogP contribution is -2.14. The first-order valence-electron chi connectivity index (χ1n) is 5.74. The van der Waals surface area contributed by atoms with E-state index in [2.05, 4.69) is 4.98 Å². The Labute approximate surface area is 114 Å². The molecule has 0 radical (unpaired) electrons. The molecule has 0 unspecified atom stereocenters. The van der Waals surface area contributed by atoms with Crippen LogP contribution in [0.25, 0.3) is 16.7 Å². The van der Waals surface area contributed by atoms with Crippen molar-refractivity contribution in [3.05, 3.63) is 58.0 Å². The smallest absolute Gasteiger partial charge is 0.331 e. The molecule has 0 aliphatic heterocycles. The van der Waals surface area contributed by atoms with E-state index in [0.717, 1.165) is 16.7 Å². The van der Waals surface area contributed by atoms with Gasteiger partial charge in [0.2, 0.25) is 0 Å². The van der Waals surface area contributed by atoms with Gasteiger partial charge >= 0.3 is 5.69 Å². The van der Waals surface area contributed by atoms with Crippen molar-refractivity contribution in [2.45, 2.75) is 0 Å². The summed E-state index contributed by atoms with van der Waals surface area (Å²) < 4.78 is 6.73. The average molecular weight is 275 g/mol. The number of nitrogens with zero attached hydrogens (tertiary/aromatic N) is 1. The van der Waals surface area contributed by atoms with Gasteiger partial charge in [0.15, 0.2) is 0 Å². The third-order valence-corrected chi connectivity index (χ3v) is 3.19. The molecule has 0 aliphatic rings. The standard InChI is InChI=1S/C14H11ClN2O2/c1-19-11-5-6-13-12(8-11)16-14(18)17(13)10-4-2-3-9(15)7-10/h2-8H,1H3,(H,16,18). The van der Waals surface area contributed by atoms with Gasteiger partial charge in [0.05, 0.1) is 23.8 Å². The Hall–Kier alpha value is -2.20. The summed E-state index contributed by atoms with van der Waals surface area (Å²) in [6.07, 6.45) is 0. The van der Waals surface area contributed by atoms with E-state index in [1.807, 2.05) is 24.3 Å². The molecule has 0 amide bonds. The number of imidazole rings is 1. The number of H-pyrrole nitrogens is 1. The summed E-state index contributed by atoms with van der Waals surface area (Å²) in [5.74, 6) is 0.701. The van der Waals surface area contributed by atoms with E-state index < -0.39 is 0 Å². The molecule has 0 saturated heterocycles. The van der Waals surface area contributed by atoms with E-state index in [1.54, 1.807) is 29.9 Å². The fourth-order valence-corrected chi connectivity index (χ4v) is 2.27. The third-order valence-electron chi connectivity index (χ3n) is 2.96. The number of aromatic nitrogens is 2. The first-order chi connectivity index (χ1) is 9.19. The van der Waals surface area contributed by atoms with Crippen LogP contribution in [0.2, 0.25) is 5.02 Å². The molecule has 1 heterocycles. The topological polar surface area (TPSA) is 47.0 Å². The normalized spacial score (nSPS) is 10.8. The van der Waals surface area contributed by atoms with Crippen LogP contribution in [0.3, 0.4) is 0 Å². The second-order valence-corrected chi connectivity index (χ2v) is 4.56. The van der Waals surface area contributed by atoms with Gasteiger partial charge in [-0.05, 0) is 30.3 Å². The summed E-state index contributed by atoms with van der Waals surface area (Å²) in [5.41, 5.74) is 2.04. The number of fused-ring (bicyclic) bond motifs is 1. The Morgan fingerprint density at radius 2 is 2.05 bits per heavy atom. The van der Waals surface area contributed by atoms with Crippen molar-refractivity contribution in [1.29, 1.82) is 0 Å². The molecule has 5 heteroatoms. The molecule has 0 atom stereocenters. The zero-order chi connectivity index (χ0) is 13.4. The molecule has 1 N–H and O–H groups in total. The highest BCUT2D eigenvalue weighted by molar-refractivity contribution is 6.30. The summed E-state index contributed by atoms with van der Waals surface area (Å²) >= 11 is 5.97. The number of rotatable bonds is 2. The Kier molecular flexibility index (Phi) is 2.80. The Morgan fingerprint density at radius 1 is 1.21 bits per heavy atom. The van der Waals surface area contributed by atoms with Crippen molar-refractivity contribution in [2.24, 2.45) is 0 Å². The van der Waals surface area contributed by atoms with Crippen LogP contribution in [0.1, 0.15) is 0 Å². The zero-order valence-corrected chi connectivity index (χ0v) is 10.9. The van der Waals surface area contributed by atoms with Crippen LogP contribution < -0.4 is 10.4 Å². The van der Waals surface area contributed by atoms with Gasteiger partial charge in [-0.3, -0.25) is 4.57 Å². The maximum Gasteiger partial charge on any atom is 0.331 e. The number of nitrogens with one attached hydrogen (secondary N) is 1. The minimum Gasteiger partial charge on any atom is -0.497 e. The van der Waals surface area contributed by atoms with Gasteiger partial charge in [0.25, 0.3) is 0 Å². The van der Waals surface area contributed by atoms with Crippen molar-refractivity contribution in [3.63, 3.8) is 0 Å². The molecule has 0 aliphatic carbocycles. The number of benzene rings is 2. The summed E-state index contributed by atoms with van der Waals surface area (Å²) in [4.78, 5) is 14.9. The van der Waals surface area contributed by atoms with E-state index in [-0.39, 0.29) is 5.69 Å².